The van der Waals surface area contributed by atoms with Crippen LogP contribution in [0.1, 0.15) is 54.7 Å². The monoisotopic (exact) mass is 586 g/mol. The molecule has 2 heterocycles. The number of benzene rings is 2. The smallest absolute Gasteiger partial charge is 0.308 e. The van der Waals surface area contributed by atoms with Gasteiger partial charge in [0.2, 0.25) is 0 Å². The highest BCUT2D eigenvalue weighted by Gasteiger charge is 2.29. The number of esters is 1. The van der Waals surface area contributed by atoms with Crippen molar-refractivity contribution in [2.24, 2.45) is 0 Å². The van der Waals surface area contributed by atoms with Crippen LogP contribution in [0.4, 0.5) is 4.39 Å². The normalized spacial score (nSPS) is 12.8. The molecule has 0 bridgehead atoms. The first-order chi connectivity index (χ1) is 20.7. The number of aromatic nitrogens is 3. The summed E-state index contributed by atoms with van der Waals surface area (Å²) in [5.74, 6) is -0.898. The van der Waals surface area contributed by atoms with Gasteiger partial charge in [-0.05, 0) is 49.2 Å². The maximum Gasteiger partial charge on any atom is 0.308 e. The van der Waals surface area contributed by atoms with Crippen molar-refractivity contribution in [3.05, 3.63) is 102 Å². The number of ether oxygens (including phenoxy) is 1. The fourth-order valence-corrected chi connectivity index (χ4v) is 4.91. The second-order valence-electron chi connectivity index (χ2n) is 10.3. The van der Waals surface area contributed by atoms with Crippen LogP contribution in [0, 0.1) is 5.82 Å². The van der Waals surface area contributed by atoms with Crippen molar-refractivity contribution in [1.82, 2.24) is 19.9 Å². The molecule has 224 valence electrons. The number of hydrogen-bond donors (Lipinski definition) is 3. The molecule has 9 nitrogen and oxygen atoms in total. The first-order valence-corrected chi connectivity index (χ1v) is 13.9. The van der Waals surface area contributed by atoms with E-state index in [1.807, 2.05) is 48.7 Å². The molecule has 0 aliphatic rings. The standard InChI is InChI=1S/C33H35FN4O5/c1-21(2)38-27(15-14-25(39)18-26(40)19-29(41)43-3)30(23-10-12-24(34)13-11-23)31(22-8-5-4-6-9-22)32(38)33(42)37-20-28-35-16-7-17-36-28/h4-17,21,25-26,39-40H,18-20H2,1-3H3,(H,37,42)/b15-14+/t25-,26-/m1/s1. The number of nitrogens with zero attached hydrogens (tertiary/aromatic N) is 3. The van der Waals surface area contributed by atoms with Gasteiger partial charge in [0, 0.05) is 41.7 Å². The first-order valence-electron chi connectivity index (χ1n) is 13.9. The van der Waals surface area contributed by atoms with Gasteiger partial charge in [0.05, 0.1) is 32.3 Å². The first kappa shape index (κ1) is 31.3. The minimum Gasteiger partial charge on any atom is -0.469 e. The Morgan fingerprint density at radius 3 is 2.26 bits per heavy atom. The van der Waals surface area contributed by atoms with Crippen molar-refractivity contribution in [3.63, 3.8) is 0 Å². The second-order valence-corrected chi connectivity index (χ2v) is 10.3. The molecule has 2 aromatic carbocycles. The van der Waals surface area contributed by atoms with Crippen LogP contribution < -0.4 is 5.32 Å². The van der Waals surface area contributed by atoms with Crippen LogP contribution in [0.5, 0.6) is 0 Å². The van der Waals surface area contributed by atoms with Gasteiger partial charge in [0.25, 0.3) is 5.91 Å². The van der Waals surface area contributed by atoms with E-state index in [0.29, 0.717) is 33.9 Å². The summed E-state index contributed by atoms with van der Waals surface area (Å²) < 4.78 is 20.5. The third-order valence-electron chi connectivity index (χ3n) is 6.82. The number of halogens is 1. The van der Waals surface area contributed by atoms with Crippen molar-refractivity contribution in [3.8, 4) is 22.3 Å². The van der Waals surface area contributed by atoms with Gasteiger partial charge in [0.15, 0.2) is 0 Å². The van der Waals surface area contributed by atoms with E-state index in [1.165, 1.54) is 25.3 Å². The Morgan fingerprint density at radius 2 is 1.63 bits per heavy atom. The number of nitrogens with one attached hydrogen (secondary N) is 1. The molecule has 0 radical (unpaired) electrons. The summed E-state index contributed by atoms with van der Waals surface area (Å²) in [4.78, 5) is 34.0. The van der Waals surface area contributed by atoms with Gasteiger partial charge in [-0.2, -0.15) is 0 Å². The number of carbonyl (C=O) groups is 2. The van der Waals surface area contributed by atoms with Crippen molar-refractivity contribution in [2.75, 3.05) is 7.11 Å². The lowest BCUT2D eigenvalue weighted by atomic mass is 9.94. The molecule has 1 amide bonds. The molecule has 0 aliphatic carbocycles. The summed E-state index contributed by atoms with van der Waals surface area (Å²) in [6, 6.07) is 16.9. The maximum atomic E-state index is 14.0. The molecular weight excluding hydrogens is 551 g/mol. The summed E-state index contributed by atoms with van der Waals surface area (Å²) in [5.41, 5.74) is 3.71. The van der Waals surface area contributed by atoms with Crippen LogP contribution in [0.15, 0.2) is 79.1 Å². The summed E-state index contributed by atoms with van der Waals surface area (Å²) in [7, 11) is 1.23. The Hall–Kier alpha value is -4.67. The van der Waals surface area contributed by atoms with E-state index in [1.54, 1.807) is 36.7 Å². The molecule has 0 aliphatic heterocycles. The highest BCUT2D eigenvalue weighted by molar-refractivity contribution is 6.06. The maximum absolute atomic E-state index is 14.0. The number of amides is 1. The number of aliphatic hydroxyl groups is 2. The predicted molar refractivity (Wildman–Crippen MR) is 161 cm³/mol. The average molecular weight is 587 g/mol. The molecule has 4 aromatic rings. The minimum atomic E-state index is -1.11. The molecule has 4 rings (SSSR count). The van der Waals surface area contributed by atoms with Gasteiger partial charge in [-0.1, -0.05) is 48.5 Å². The van der Waals surface area contributed by atoms with E-state index in [4.69, 9.17) is 0 Å². The van der Waals surface area contributed by atoms with Gasteiger partial charge < -0.3 is 24.8 Å². The fourth-order valence-electron chi connectivity index (χ4n) is 4.91. The Labute approximate surface area is 249 Å². The van der Waals surface area contributed by atoms with E-state index in [0.717, 1.165) is 5.56 Å². The molecule has 2 atom stereocenters. The summed E-state index contributed by atoms with van der Waals surface area (Å²) >= 11 is 0. The van der Waals surface area contributed by atoms with Crippen molar-refractivity contribution >= 4 is 18.0 Å². The van der Waals surface area contributed by atoms with E-state index in [9.17, 15) is 24.2 Å². The Morgan fingerprint density at radius 1 is 0.977 bits per heavy atom. The second kappa shape index (κ2) is 14.5. The molecule has 2 aromatic heterocycles. The van der Waals surface area contributed by atoms with Crippen LogP contribution in [-0.4, -0.2) is 55.9 Å². The quantitative estimate of drug-likeness (QED) is 0.201. The number of hydrogen-bond acceptors (Lipinski definition) is 7. The number of methoxy groups -OCH3 is 1. The van der Waals surface area contributed by atoms with Crippen molar-refractivity contribution in [2.45, 2.75) is 51.5 Å². The zero-order chi connectivity index (χ0) is 30.9. The van der Waals surface area contributed by atoms with Gasteiger partial charge in [-0.25, -0.2) is 14.4 Å². The highest BCUT2D eigenvalue weighted by Crippen LogP contribution is 2.42. The fraction of sp³-hybridized carbons (Fsp3) is 0.273. The van der Waals surface area contributed by atoms with Crippen LogP contribution in [0.25, 0.3) is 28.3 Å². The van der Waals surface area contributed by atoms with Crippen LogP contribution >= 0.6 is 0 Å². The molecule has 3 N–H and O–H groups in total. The Kier molecular flexibility index (Phi) is 10.5. The molecule has 0 saturated carbocycles. The topological polar surface area (TPSA) is 127 Å². The molecule has 0 unspecified atom stereocenters. The predicted octanol–water partition coefficient (Wildman–Crippen LogP) is 4.95. The lowest BCUT2D eigenvalue weighted by Gasteiger charge is -2.17. The Bertz CT molecular complexity index is 1550. The minimum absolute atomic E-state index is 0.101. The largest absolute Gasteiger partial charge is 0.469 e. The third-order valence-corrected chi connectivity index (χ3v) is 6.82. The summed E-state index contributed by atoms with van der Waals surface area (Å²) in [5, 5.41) is 23.9. The molecule has 0 saturated heterocycles. The molecule has 10 heteroatoms. The van der Waals surface area contributed by atoms with Crippen molar-refractivity contribution in [1.29, 1.82) is 0 Å². The highest BCUT2D eigenvalue weighted by atomic mass is 19.1. The number of carbonyl (C=O) groups excluding carboxylic acids is 2. The third kappa shape index (κ3) is 7.79. The summed E-state index contributed by atoms with van der Waals surface area (Å²) in [6.45, 7) is 3.98. The van der Waals surface area contributed by atoms with E-state index in [-0.39, 0.29) is 31.3 Å². The molecule has 0 fully saturated rings. The van der Waals surface area contributed by atoms with Gasteiger partial charge in [-0.15, -0.1) is 0 Å². The number of rotatable bonds is 12. The van der Waals surface area contributed by atoms with E-state index >= 15 is 0 Å². The average Bonchev–Trinajstić information content (AvgIpc) is 3.35. The molecule has 43 heavy (non-hydrogen) atoms. The molecule has 0 spiro atoms. The van der Waals surface area contributed by atoms with Gasteiger partial charge in [-0.3, -0.25) is 9.59 Å². The van der Waals surface area contributed by atoms with Crippen molar-refractivity contribution < 1.29 is 28.9 Å². The van der Waals surface area contributed by atoms with E-state index in [2.05, 4.69) is 20.0 Å². The van der Waals surface area contributed by atoms with Gasteiger partial charge in [0.1, 0.15) is 17.3 Å². The van der Waals surface area contributed by atoms with Crippen LogP contribution in [0.2, 0.25) is 0 Å². The summed E-state index contributed by atoms with van der Waals surface area (Å²) in [6.07, 6.45) is 3.83. The molecular formula is C33H35FN4O5. The van der Waals surface area contributed by atoms with Crippen LogP contribution in [-0.2, 0) is 16.1 Å². The number of aliphatic hydroxyl groups excluding tert-OH is 2. The zero-order valence-corrected chi connectivity index (χ0v) is 24.3. The van der Waals surface area contributed by atoms with Gasteiger partial charge >= 0.3 is 5.97 Å². The lowest BCUT2D eigenvalue weighted by molar-refractivity contribution is -0.143. The Balaban J connectivity index is 1.88. The van der Waals surface area contributed by atoms with Crippen LogP contribution in [0.3, 0.4) is 0 Å². The SMILES string of the molecule is COC(=O)C[C@H](O)C[C@H](O)/C=C/c1c(-c2ccc(F)cc2)c(-c2ccccc2)c(C(=O)NCc2ncccn2)n1C(C)C. The van der Waals surface area contributed by atoms with E-state index < -0.39 is 24.0 Å². The lowest BCUT2D eigenvalue weighted by Crippen LogP contribution is -2.27. The zero-order valence-electron chi connectivity index (χ0n) is 24.3.